The van der Waals surface area contributed by atoms with Crippen molar-refractivity contribution in [2.24, 2.45) is 0 Å². The van der Waals surface area contributed by atoms with Crippen LogP contribution in [0.5, 0.6) is 0 Å². The van der Waals surface area contributed by atoms with Crippen LogP contribution in [0.15, 0.2) is 36.2 Å². The summed E-state index contributed by atoms with van der Waals surface area (Å²) in [5.74, 6) is 1.39. The van der Waals surface area contributed by atoms with Gasteiger partial charge in [-0.25, -0.2) is 14.6 Å². The van der Waals surface area contributed by atoms with Gasteiger partial charge in [0.25, 0.3) is 0 Å². The minimum atomic E-state index is 0.0638. The van der Waals surface area contributed by atoms with Crippen molar-refractivity contribution in [3.63, 3.8) is 0 Å². The lowest BCUT2D eigenvalue weighted by atomic mass is 9.93. The summed E-state index contributed by atoms with van der Waals surface area (Å²) in [5.41, 5.74) is 1.18. The van der Waals surface area contributed by atoms with Crippen molar-refractivity contribution in [1.82, 2.24) is 24.7 Å². The molecule has 3 aromatic heterocycles. The Morgan fingerprint density at radius 2 is 2.04 bits per heavy atom. The summed E-state index contributed by atoms with van der Waals surface area (Å²) >= 11 is 1.67. The molecule has 0 saturated carbocycles. The molecule has 0 aliphatic rings. The first kappa shape index (κ1) is 15.6. The molecule has 0 fully saturated rings. The van der Waals surface area contributed by atoms with Gasteiger partial charge in [-0.3, -0.25) is 4.98 Å². The van der Waals surface area contributed by atoms with Crippen LogP contribution in [-0.4, -0.2) is 24.7 Å². The SMILES string of the molecule is C[C@H](Nc1cncc(-n2cccn2)n1)c1nc(C(C)(C)C)cs1. The topological polar surface area (TPSA) is 68.5 Å². The van der Waals surface area contributed by atoms with Crippen LogP contribution in [0.1, 0.15) is 44.4 Å². The van der Waals surface area contributed by atoms with Crippen molar-refractivity contribution >= 4 is 17.2 Å². The van der Waals surface area contributed by atoms with E-state index in [1.165, 1.54) is 0 Å². The maximum absolute atomic E-state index is 4.74. The summed E-state index contributed by atoms with van der Waals surface area (Å²) in [4.78, 5) is 13.5. The average molecular weight is 328 g/mol. The minimum Gasteiger partial charge on any atom is -0.360 e. The number of anilines is 1. The van der Waals surface area contributed by atoms with Crippen LogP contribution in [0.2, 0.25) is 0 Å². The number of hydrogen-bond acceptors (Lipinski definition) is 6. The fourth-order valence-corrected chi connectivity index (χ4v) is 3.11. The Morgan fingerprint density at radius 1 is 1.22 bits per heavy atom. The molecule has 6 nitrogen and oxygen atoms in total. The maximum Gasteiger partial charge on any atom is 0.173 e. The zero-order valence-corrected chi connectivity index (χ0v) is 14.5. The van der Waals surface area contributed by atoms with Gasteiger partial charge in [-0.1, -0.05) is 20.8 Å². The monoisotopic (exact) mass is 328 g/mol. The van der Waals surface area contributed by atoms with Gasteiger partial charge in [0.15, 0.2) is 5.82 Å². The van der Waals surface area contributed by atoms with E-state index >= 15 is 0 Å². The fourth-order valence-electron chi connectivity index (χ4n) is 2.05. The third-order valence-electron chi connectivity index (χ3n) is 3.39. The fraction of sp³-hybridized carbons (Fsp3) is 0.375. The summed E-state index contributed by atoms with van der Waals surface area (Å²) in [6, 6.07) is 1.92. The molecular weight excluding hydrogens is 308 g/mol. The largest absolute Gasteiger partial charge is 0.360 e. The second-order valence-corrected chi connectivity index (χ2v) is 7.29. The molecule has 0 bridgehead atoms. The Balaban J connectivity index is 1.76. The maximum atomic E-state index is 4.74. The van der Waals surface area contributed by atoms with Gasteiger partial charge in [0, 0.05) is 23.2 Å². The molecule has 0 aliphatic carbocycles. The molecule has 0 aliphatic heterocycles. The number of nitrogens with zero attached hydrogens (tertiary/aromatic N) is 5. The van der Waals surface area contributed by atoms with Crippen LogP contribution in [0.4, 0.5) is 5.82 Å². The molecular formula is C16H20N6S. The zero-order chi connectivity index (χ0) is 16.4. The first-order valence-corrected chi connectivity index (χ1v) is 8.36. The Kier molecular flexibility index (Phi) is 4.12. The number of hydrogen-bond donors (Lipinski definition) is 1. The molecule has 1 N–H and O–H groups in total. The van der Waals surface area contributed by atoms with Crippen LogP contribution in [0.3, 0.4) is 0 Å². The van der Waals surface area contributed by atoms with Gasteiger partial charge >= 0.3 is 0 Å². The highest BCUT2D eigenvalue weighted by Crippen LogP contribution is 2.28. The number of aromatic nitrogens is 5. The minimum absolute atomic E-state index is 0.0638. The Labute approximate surface area is 139 Å². The lowest BCUT2D eigenvalue weighted by Gasteiger charge is -2.15. The third kappa shape index (κ3) is 3.56. The highest BCUT2D eigenvalue weighted by atomic mass is 32.1. The average Bonchev–Trinajstić information content (AvgIpc) is 3.19. The van der Waals surface area contributed by atoms with E-state index in [9.17, 15) is 0 Å². The Hall–Kier alpha value is -2.28. The van der Waals surface area contributed by atoms with Crippen LogP contribution >= 0.6 is 11.3 Å². The molecule has 0 radical (unpaired) electrons. The van der Waals surface area contributed by atoms with Gasteiger partial charge in [0.1, 0.15) is 10.8 Å². The molecule has 0 amide bonds. The van der Waals surface area contributed by atoms with E-state index in [0.29, 0.717) is 11.6 Å². The van der Waals surface area contributed by atoms with Gasteiger partial charge in [0.2, 0.25) is 0 Å². The molecule has 0 spiro atoms. The van der Waals surface area contributed by atoms with Crippen molar-refractivity contribution in [3.05, 3.63) is 46.9 Å². The van der Waals surface area contributed by atoms with Crippen LogP contribution in [0.25, 0.3) is 5.82 Å². The molecule has 3 heterocycles. The zero-order valence-electron chi connectivity index (χ0n) is 13.7. The van der Waals surface area contributed by atoms with Crippen LogP contribution in [0, 0.1) is 0 Å². The number of thiazole rings is 1. The second kappa shape index (κ2) is 6.08. The van der Waals surface area contributed by atoms with E-state index in [1.807, 2.05) is 12.3 Å². The summed E-state index contributed by atoms with van der Waals surface area (Å²) in [7, 11) is 0. The molecule has 1 atom stereocenters. The van der Waals surface area contributed by atoms with Crippen molar-refractivity contribution < 1.29 is 0 Å². The standard InChI is InChI=1S/C16H20N6S/c1-11(15-20-12(10-23-15)16(2,3)4)19-13-8-17-9-14(21-13)22-7-5-6-18-22/h5-11H,1-4H3,(H,19,21)/t11-/m0/s1. The van der Waals surface area contributed by atoms with Crippen molar-refractivity contribution in [3.8, 4) is 5.82 Å². The van der Waals surface area contributed by atoms with Crippen LogP contribution < -0.4 is 5.32 Å². The number of rotatable bonds is 4. The predicted molar refractivity (Wildman–Crippen MR) is 92.0 cm³/mol. The molecule has 0 aromatic carbocycles. The first-order valence-electron chi connectivity index (χ1n) is 7.48. The highest BCUT2D eigenvalue weighted by Gasteiger charge is 2.19. The third-order valence-corrected chi connectivity index (χ3v) is 4.41. The highest BCUT2D eigenvalue weighted by molar-refractivity contribution is 7.09. The molecule has 23 heavy (non-hydrogen) atoms. The Morgan fingerprint density at radius 3 is 2.70 bits per heavy atom. The summed E-state index contributed by atoms with van der Waals surface area (Å²) in [5, 5.41) is 10.7. The van der Waals surface area contributed by atoms with E-state index in [4.69, 9.17) is 4.98 Å². The second-order valence-electron chi connectivity index (χ2n) is 6.40. The lowest BCUT2D eigenvalue weighted by Crippen LogP contribution is -2.13. The Bertz CT molecular complexity index is 772. The van der Waals surface area contributed by atoms with E-state index in [2.05, 4.69) is 53.5 Å². The summed E-state index contributed by atoms with van der Waals surface area (Å²) < 4.78 is 1.68. The summed E-state index contributed by atoms with van der Waals surface area (Å²) in [6.45, 7) is 8.59. The van der Waals surface area contributed by atoms with E-state index in [-0.39, 0.29) is 11.5 Å². The van der Waals surface area contributed by atoms with Crippen molar-refractivity contribution in [1.29, 1.82) is 0 Å². The smallest absolute Gasteiger partial charge is 0.173 e. The van der Waals surface area contributed by atoms with Crippen molar-refractivity contribution in [2.45, 2.75) is 39.2 Å². The van der Waals surface area contributed by atoms with Gasteiger partial charge < -0.3 is 5.32 Å². The first-order chi connectivity index (χ1) is 10.9. The van der Waals surface area contributed by atoms with Gasteiger partial charge in [-0.05, 0) is 13.0 Å². The van der Waals surface area contributed by atoms with Crippen LogP contribution in [-0.2, 0) is 5.41 Å². The van der Waals surface area contributed by atoms with Gasteiger partial charge in [-0.15, -0.1) is 11.3 Å². The molecule has 3 rings (SSSR count). The predicted octanol–water partition coefficient (Wildman–Crippen LogP) is 3.59. The molecule has 120 valence electrons. The van der Waals surface area contributed by atoms with Gasteiger partial charge in [-0.2, -0.15) is 5.10 Å². The molecule has 7 heteroatoms. The molecule has 0 unspecified atom stereocenters. The molecule has 0 saturated heterocycles. The normalized spacial score (nSPS) is 13.0. The number of nitrogens with one attached hydrogen (secondary N) is 1. The van der Waals surface area contributed by atoms with Crippen molar-refractivity contribution in [2.75, 3.05) is 5.32 Å². The summed E-state index contributed by atoms with van der Waals surface area (Å²) in [6.07, 6.45) is 6.95. The lowest BCUT2D eigenvalue weighted by molar-refractivity contribution is 0.569. The molecule has 3 aromatic rings. The van der Waals surface area contributed by atoms with E-state index in [1.54, 1.807) is 34.6 Å². The van der Waals surface area contributed by atoms with Gasteiger partial charge in [0.05, 0.1) is 24.1 Å². The quantitative estimate of drug-likeness (QED) is 0.792. The van der Waals surface area contributed by atoms with E-state index in [0.717, 1.165) is 10.7 Å². The van der Waals surface area contributed by atoms with E-state index < -0.39 is 0 Å².